The van der Waals surface area contributed by atoms with Crippen molar-refractivity contribution >= 4 is 22.9 Å². The van der Waals surface area contributed by atoms with Gasteiger partial charge in [-0.1, -0.05) is 18.5 Å². The Bertz CT molecular complexity index is 580. The molecule has 0 aliphatic rings. The molecule has 0 fully saturated rings. The fourth-order valence-electron chi connectivity index (χ4n) is 2.49. The topological polar surface area (TPSA) is 25.2 Å². The van der Waals surface area contributed by atoms with E-state index in [1.165, 1.54) is 16.0 Å². The Balaban J connectivity index is 2.46. The average Bonchev–Trinajstić information content (AvgIpc) is 2.84. The lowest BCUT2D eigenvalue weighted by atomic mass is 10.00. The van der Waals surface area contributed by atoms with Crippen LogP contribution < -0.4 is 5.32 Å². The van der Waals surface area contributed by atoms with Gasteiger partial charge in [-0.05, 0) is 57.9 Å². The smallest absolute Gasteiger partial charge is 0.106 e. The molecule has 1 unspecified atom stereocenters. The van der Waals surface area contributed by atoms with Crippen molar-refractivity contribution in [3.63, 3.8) is 0 Å². The first kappa shape index (κ1) is 15.6. The van der Waals surface area contributed by atoms with Crippen molar-refractivity contribution in [3.8, 4) is 0 Å². The van der Waals surface area contributed by atoms with E-state index in [4.69, 9.17) is 16.0 Å². The molecule has 0 spiro atoms. The molecule has 2 heterocycles. The minimum absolute atomic E-state index is 0.170. The van der Waals surface area contributed by atoms with Crippen molar-refractivity contribution < 1.29 is 4.42 Å². The number of hydrogen-bond donors (Lipinski definition) is 1. The van der Waals surface area contributed by atoms with E-state index in [0.29, 0.717) is 0 Å². The molecule has 1 atom stereocenters. The van der Waals surface area contributed by atoms with E-state index in [1.54, 1.807) is 11.3 Å². The molecule has 0 saturated heterocycles. The van der Waals surface area contributed by atoms with Gasteiger partial charge in [-0.25, -0.2) is 0 Å². The summed E-state index contributed by atoms with van der Waals surface area (Å²) in [6, 6.07) is 2.35. The van der Waals surface area contributed by atoms with Crippen LogP contribution in [0, 0.1) is 27.7 Å². The van der Waals surface area contributed by atoms with E-state index >= 15 is 0 Å². The molecule has 20 heavy (non-hydrogen) atoms. The maximum absolute atomic E-state index is 6.25. The Labute approximate surface area is 130 Å². The van der Waals surface area contributed by atoms with Gasteiger partial charge < -0.3 is 9.73 Å². The molecule has 0 saturated carbocycles. The SMILES string of the molecule is CCCNC(c1cc(C)c(Cl)s1)c1c(C)oc(C)c1C. The Kier molecular flexibility index (Phi) is 4.95. The first-order valence-electron chi connectivity index (χ1n) is 7.01. The number of hydrogen-bond acceptors (Lipinski definition) is 3. The lowest BCUT2D eigenvalue weighted by molar-refractivity contribution is 0.493. The summed E-state index contributed by atoms with van der Waals surface area (Å²) >= 11 is 7.90. The van der Waals surface area contributed by atoms with Crippen LogP contribution in [-0.4, -0.2) is 6.54 Å². The zero-order valence-electron chi connectivity index (χ0n) is 12.8. The van der Waals surface area contributed by atoms with Gasteiger partial charge in [0.15, 0.2) is 0 Å². The fraction of sp³-hybridized carbons (Fsp3) is 0.500. The van der Waals surface area contributed by atoms with Crippen LogP contribution in [0.4, 0.5) is 0 Å². The second-order valence-electron chi connectivity index (χ2n) is 5.25. The highest BCUT2D eigenvalue weighted by Gasteiger charge is 2.24. The van der Waals surface area contributed by atoms with Gasteiger partial charge in [0, 0.05) is 10.4 Å². The first-order chi connectivity index (χ1) is 9.45. The summed E-state index contributed by atoms with van der Waals surface area (Å²) in [4.78, 5) is 1.26. The maximum atomic E-state index is 6.25. The molecule has 0 radical (unpaired) electrons. The van der Waals surface area contributed by atoms with Crippen molar-refractivity contribution in [2.75, 3.05) is 6.54 Å². The van der Waals surface area contributed by atoms with E-state index < -0.39 is 0 Å². The minimum atomic E-state index is 0.170. The van der Waals surface area contributed by atoms with Gasteiger partial charge in [-0.15, -0.1) is 11.3 Å². The molecule has 0 aliphatic carbocycles. The molecular formula is C16H22ClNOS. The minimum Gasteiger partial charge on any atom is -0.466 e. The van der Waals surface area contributed by atoms with Crippen molar-refractivity contribution in [1.29, 1.82) is 0 Å². The zero-order chi connectivity index (χ0) is 14.9. The molecule has 2 nitrogen and oxygen atoms in total. The number of thiophene rings is 1. The summed E-state index contributed by atoms with van der Waals surface area (Å²) in [6.07, 6.45) is 1.10. The molecule has 0 aliphatic heterocycles. The van der Waals surface area contributed by atoms with Gasteiger partial charge in [-0.3, -0.25) is 0 Å². The number of rotatable bonds is 5. The predicted molar refractivity (Wildman–Crippen MR) is 87.1 cm³/mol. The quantitative estimate of drug-likeness (QED) is 0.808. The van der Waals surface area contributed by atoms with Crippen LogP contribution in [-0.2, 0) is 0 Å². The highest BCUT2D eigenvalue weighted by atomic mass is 35.5. The summed E-state index contributed by atoms with van der Waals surface area (Å²) < 4.78 is 6.67. The summed E-state index contributed by atoms with van der Waals surface area (Å²) in [5.74, 6) is 2.00. The normalized spacial score (nSPS) is 12.9. The van der Waals surface area contributed by atoms with E-state index in [9.17, 15) is 0 Å². The first-order valence-corrected chi connectivity index (χ1v) is 8.20. The van der Waals surface area contributed by atoms with Gasteiger partial charge in [-0.2, -0.15) is 0 Å². The standard InChI is InChI=1S/C16H22ClNOS/c1-6-7-18-15(13-8-9(2)16(17)20-13)14-10(3)11(4)19-12(14)5/h8,15,18H,6-7H2,1-5H3. The van der Waals surface area contributed by atoms with E-state index in [-0.39, 0.29) is 6.04 Å². The van der Waals surface area contributed by atoms with Crippen LogP contribution in [0.15, 0.2) is 10.5 Å². The van der Waals surface area contributed by atoms with Crippen LogP contribution in [0.3, 0.4) is 0 Å². The molecule has 4 heteroatoms. The molecule has 110 valence electrons. The number of halogens is 1. The van der Waals surface area contributed by atoms with Crippen molar-refractivity contribution in [2.24, 2.45) is 0 Å². The van der Waals surface area contributed by atoms with Crippen molar-refractivity contribution in [3.05, 3.63) is 43.5 Å². The lowest BCUT2D eigenvalue weighted by Gasteiger charge is -2.18. The average molecular weight is 312 g/mol. The Hall–Kier alpha value is -0.770. The van der Waals surface area contributed by atoms with Crippen molar-refractivity contribution in [1.82, 2.24) is 5.32 Å². The second-order valence-corrected chi connectivity index (χ2v) is 6.93. The van der Waals surface area contributed by atoms with Crippen LogP contribution in [0.25, 0.3) is 0 Å². The maximum Gasteiger partial charge on any atom is 0.106 e. The van der Waals surface area contributed by atoms with Crippen LogP contribution in [0.5, 0.6) is 0 Å². The van der Waals surface area contributed by atoms with Gasteiger partial charge in [0.2, 0.25) is 0 Å². The van der Waals surface area contributed by atoms with Crippen molar-refractivity contribution in [2.45, 2.75) is 47.1 Å². The third kappa shape index (κ3) is 2.95. The Morgan fingerprint density at radius 1 is 1.25 bits per heavy atom. The van der Waals surface area contributed by atoms with Crippen LogP contribution >= 0.6 is 22.9 Å². The number of nitrogens with one attached hydrogen (secondary N) is 1. The third-order valence-corrected chi connectivity index (χ3v) is 5.29. The summed E-state index contributed by atoms with van der Waals surface area (Å²) in [5, 5.41) is 3.63. The summed E-state index contributed by atoms with van der Waals surface area (Å²) in [7, 11) is 0. The van der Waals surface area contributed by atoms with Crippen LogP contribution in [0.2, 0.25) is 4.34 Å². The summed E-state index contributed by atoms with van der Waals surface area (Å²) in [6.45, 7) is 11.4. The molecular weight excluding hydrogens is 290 g/mol. The number of aryl methyl sites for hydroxylation is 3. The predicted octanol–water partition coefficient (Wildman–Crippen LogP) is 5.32. The molecule has 2 aromatic rings. The lowest BCUT2D eigenvalue weighted by Crippen LogP contribution is -2.23. The fourth-order valence-corrected chi connectivity index (χ4v) is 3.80. The van der Waals surface area contributed by atoms with E-state index in [2.05, 4.69) is 32.2 Å². The second kappa shape index (κ2) is 6.33. The summed E-state index contributed by atoms with van der Waals surface area (Å²) in [5.41, 5.74) is 3.64. The Morgan fingerprint density at radius 3 is 2.40 bits per heavy atom. The molecule has 0 aromatic carbocycles. The monoisotopic (exact) mass is 311 g/mol. The molecule has 2 rings (SSSR count). The van der Waals surface area contributed by atoms with E-state index in [1.807, 2.05) is 13.8 Å². The molecule has 0 amide bonds. The largest absolute Gasteiger partial charge is 0.466 e. The molecule has 2 aromatic heterocycles. The zero-order valence-corrected chi connectivity index (χ0v) is 14.3. The highest BCUT2D eigenvalue weighted by molar-refractivity contribution is 7.16. The number of furan rings is 1. The van der Waals surface area contributed by atoms with Crippen LogP contribution in [0.1, 0.15) is 52.5 Å². The third-order valence-electron chi connectivity index (χ3n) is 3.67. The van der Waals surface area contributed by atoms with Gasteiger partial charge in [0.1, 0.15) is 11.5 Å². The molecule has 0 bridgehead atoms. The van der Waals surface area contributed by atoms with E-state index in [0.717, 1.165) is 34.4 Å². The highest BCUT2D eigenvalue weighted by Crippen LogP contribution is 2.37. The Morgan fingerprint density at radius 2 is 1.95 bits per heavy atom. The molecule has 1 N–H and O–H groups in total. The van der Waals surface area contributed by atoms with Gasteiger partial charge >= 0.3 is 0 Å². The van der Waals surface area contributed by atoms with Gasteiger partial charge in [0.05, 0.1) is 10.4 Å². The van der Waals surface area contributed by atoms with Gasteiger partial charge in [0.25, 0.3) is 0 Å².